The molecule has 0 fully saturated rings. The molecule has 0 aliphatic rings. The maximum Gasteiger partial charge on any atom is 0.118 e. The summed E-state index contributed by atoms with van der Waals surface area (Å²) in [6, 6.07) is 0. The molecule has 1 aromatic rings. The van der Waals surface area contributed by atoms with Crippen LogP contribution in [0.15, 0.2) is 24.6 Å². The predicted octanol–water partition coefficient (Wildman–Crippen LogP) is 5.76. The summed E-state index contributed by atoms with van der Waals surface area (Å²) in [7, 11) is 1.71. The summed E-state index contributed by atoms with van der Waals surface area (Å²) in [6.45, 7) is 14.8. The maximum atomic E-state index is 13.3. The standard InChI is InChI=1S/C20H30FNO/c1-8-16(21)10-9-11-17-15(6)19(13(2)3)22-20(14(4)5)18(17)12-23-7/h8,10,13-14H,1,9,11-12H2,2-7H3. The number of hydrogen-bond acceptors (Lipinski definition) is 2. The molecule has 128 valence electrons. The number of ether oxygens (including phenoxy) is 1. The van der Waals surface area contributed by atoms with Crippen LogP contribution in [0.2, 0.25) is 0 Å². The molecule has 0 N–H and O–H groups in total. The van der Waals surface area contributed by atoms with Gasteiger partial charge in [-0.05, 0) is 54.9 Å². The monoisotopic (exact) mass is 319 g/mol. The van der Waals surface area contributed by atoms with Crippen molar-refractivity contribution in [2.45, 2.75) is 65.9 Å². The van der Waals surface area contributed by atoms with Crippen LogP contribution in [0, 0.1) is 6.92 Å². The molecular formula is C20H30FNO. The first-order chi connectivity index (χ1) is 10.8. The van der Waals surface area contributed by atoms with Crippen LogP contribution in [0.5, 0.6) is 0 Å². The lowest BCUT2D eigenvalue weighted by molar-refractivity contribution is 0.182. The van der Waals surface area contributed by atoms with E-state index in [4.69, 9.17) is 9.72 Å². The van der Waals surface area contributed by atoms with Gasteiger partial charge in [-0.15, -0.1) is 0 Å². The van der Waals surface area contributed by atoms with Gasteiger partial charge in [0.25, 0.3) is 0 Å². The molecule has 0 atom stereocenters. The van der Waals surface area contributed by atoms with E-state index in [-0.39, 0.29) is 5.83 Å². The molecular weight excluding hydrogens is 289 g/mol. The molecule has 2 nitrogen and oxygen atoms in total. The number of pyridine rings is 1. The lowest BCUT2D eigenvalue weighted by Crippen LogP contribution is -2.13. The van der Waals surface area contributed by atoms with Crippen LogP contribution in [-0.2, 0) is 17.8 Å². The summed E-state index contributed by atoms with van der Waals surface area (Å²) in [6.07, 6.45) is 4.27. The summed E-state index contributed by atoms with van der Waals surface area (Å²) in [5, 5.41) is 0. The average molecular weight is 319 g/mol. The predicted molar refractivity (Wildman–Crippen MR) is 95.6 cm³/mol. The van der Waals surface area contributed by atoms with Gasteiger partial charge in [0.1, 0.15) is 5.83 Å². The molecule has 0 aromatic carbocycles. The fourth-order valence-electron chi connectivity index (χ4n) is 2.94. The Bertz CT molecular complexity index is 573. The third kappa shape index (κ3) is 5.00. The van der Waals surface area contributed by atoms with E-state index in [9.17, 15) is 4.39 Å². The molecule has 1 aromatic heterocycles. The molecule has 0 aliphatic carbocycles. The summed E-state index contributed by atoms with van der Waals surface area (Å²) in [4.78, 5) is 4.92. The van der Waals surface area contributed by atoms with E-state index in [0.717, 1.165) is 23.4 Å². The number of allylic oxidation sites excluding steroid dienone is 3. The second-order valence-corrected chi connectivity index (χ2v) is 6.54. The highest BCUT2D eigenvalue weighted by atomic mass is 19.1. The normalized spacial score (nSPS) is 12.3. The number of nitrogens with zero attached hydrogens (tertiary/aromatic N) is 1. The van der Waals surface area contributed by atoms with Gasteiger partial charge in [0.05, 0.1) is 6.61 Å². The van der Waals surface area contributed by atoms with Crippen LogP contribution in [0.1, 0.15) is 74.0 Å². The summed E-state index contributed by atoms with van der Waals surface area (Å²) >= 11 is 0. The fourth-order valence-corrected chi connectivity index (χ4v) is 2.94. The Morgan fingerprint density at radius 1 is 1.17 bits per heavy atom. The number of halogens is 1. The molecule has 0 amide bonds. The van der Waals surface area contributed by atoms with Crippen LogP contribution in [0.3, 0.4) is 0 Å². The summed E-state index contributed by atoms with van der Waals surface area (Å²) in [5.74, 6) is 0.430. The molecule has 0 radical (unpaired) electrons. The molecule has 0 aliphatic heterocycles. The summed E-state index contributed by atoms with van der Waals surface area (Å²) < 4.78 is 18.7. The molecule has 0 saturated carbocycles. The Labute approximate surface area is 140 Å². The quantitative estimate of drug-likeness (QED) is 0.569. The van der Waals surface area contributed by atoms with Gasteiger partial charge >= 0.3 is 0 Å². The lowest BCUT2D eigenvalue weighted by atomic mass is 9.89. The van der Waals surface area contributed by atoms with Gasteiger partial charge in [-0.3, -0.25) is 4.98 Å². The van der Waals surface area contributed by atoms with Crippen molar-refractivity contribution in [1.82, 2.24) is 4.98 Å². The largest absolute Gasteiger partial charge is 0.380 e. The number of aromatic nitrogens is 1. The summed E-state index contributed by atoms with van der Waals surface area (Å²) in [5.41, 5.74) is 5.86. The highest BCUT2D eigenvalue weighted by molar-refractivity contribution is 5.42. The minimum atomic E-state index is -0.266. The molecule has 0 unspecified atom stereocenters. The van der Waals surface area contributed by atoms with Gasteiger partial charge in [-0.2, -0.15) is 0 Å². The minimum Gasteiger partial charge on any atom is -0.380 e. The first-order valence-corrected chi connectivity index (χ1v) is 8.32. The van der Waals surface area contributed by atoms with Crippen LogP contribution >= 0.6 is 0 Å². The Hall–Kier alpha value is -1.48. The van der Waals surface area contributed by atoms with Crippen molar-refractivity contribution in [1.29, 1.82) is 0 Å². The highest BCUT2D eigenvalue weighted by Crippen LogP contribution is 2.30. The van der Waals surface area contributed by atoms with Crippen molar-refractivity contribution in [3.8, 4) is 0 Å². The molecule has 0 bridgehead atoms. The molecule has 23 heavy (non-hydrogen) atoms. The zero-order chi connectivity index (χ0) is 17.6. The van der Waals surface area contributed by atoms with E-state index in [1.807, 2.05) is 0 Å². The van der Waals surface area contributed by atoms with Crippen LogP contribution in [-0.4, -0.2) is 12.1 Å². The van der Waals surface area contributed by atoms with E-state index >= 15 is 0 Å². The third-order valence-electron chi connectivity index (χ3n) is 4.06. The van der Waals surface area contributed by atoms with E-state index < -0.39 is 0 Å². The Morgan fingerprint density at radius 3 is 2.26 bits per heavy atom. The number of rotatable bonds is 8. The van der Waals surface area contributed by atoms with Crippen molar-refractivity contribution in [2.24, 2.45) is 0 Å². The van der Waals surface area contributed by atoms with Crippen molar-refractivity contribution < 1.29 is 9.13 Å². The van der Waals surface area contributed by atoms with Gasteiger partial charge < -0.3 is 4.74 Å². The van der Waals surface area contributed by atoms with E-state index in [2.05, 4.69) is 41.2 Å². The van der Waals surface area contributed by atoms with E-state index in [1.54, 1.807) is 13.2 Å². The topological polar surface area (TPSA) is 22.1 Å². The molecule has 3 heteroatoms. The molecule has 0 saturated heterocycles. The van der Waals surface area contributed by atoms with Gasteiger partial charge in [-0.25, -0.2) is 4.39 Å². The zero-order valence-corrected chi connectivity index (χ0v) is 15.4. The fraction of sp³-hybridized carbons (Fsp3) is 0.550. The van der Waals surface area contributed by atoms with Crippen LogP contribution in [0.4, 0.5) is 4.39 Å². The first kappa shape index (κ1) is 19.6. The van der Waals surface area contributed by atoms with Crippen molar-refractivity contribution >= 4 is 0 Å². The van der Waals surface area contributed by atoms with E-state index in [1.165, 1.54) is 17.2 Å². The van der Waals surface area contributed by atoms with Crippen LogP contribution < -0.4 is 0 Å². The first-order valence-electron chi connectivity index (χ1n) is 8.32. The number of methoxy groups -OCH3 is 1. The lowest BCUT2D eigenvalue weighted by Gasteiger charge is -2.22. The smallest absolute Gasteiger partial charge is 0.118 e. The molecule has 1 rings (SSSR count). The molecule has 0 spiro atoms. The van der Waals surface area contributed by atoms with Gasteiger partial charge in [0.15, 0.2) is 0 Å². The SMILES string of the molecule is C=CC(F)=CCCc1c(C)c(C(C)C)nc(C(C)C)c1COC. The Kier molecular flexibility index (Phi) is 7.63. The number of hydrogen-bond donors (Lipinski definition) is 0. The van der Waals surface area contributed by atoms with Gasteiger partial charge in [0, 0.05) is 24.1 Å². The van der Waals surface area contributed by atoms with Crippen molar-refractivity contribution in [3.63, 3.8) is 0 Å². The second kappa shape index (κ2) is 8.97. The van der Waals surface area contributed by atoms with E-state index in [0.29, 0.717) is 24.9 Å². The molecule has 1 heterocycles. The Balaban J connectivity index is 3.39. The maximum absolute atomic E-state index is 13.3. The minimum absolute atomic E-state index is 0.266. The van der Waals surface area contributed by atoms with Gasteiger partial charge in [-0.1, -0.05) is 34.3 Å². The Morgan fingerprint density at radius 2 is 1.78 bits per heavy atom. The van der Waals surface area contributed by atoms with Crippen molar-refractivity contribution in [2.75, 3.05) is 7.11 Å². The third-order valence-corrected chi connectivity index (χ3v) is 4.06. The van der Waals surface area contributed by atoms with Crippen LogP contribution in [0.25, 0.3) is 0 Å². The van der Waals surface area contributed by atoms with Crippen molar-refractivity contribution in [3.05, 3.63) is 52.6 Å². The van der Waals surface area contributed by atoms with Gasteiger partial charge in [0.2, 0.25) is 0 Å². The zero-order valence-electron chi connectivity index (χ0n) is 15.4. The average Bonchev–Trinajstić information content (AvgIpc) is 2.49. The second-order valence-electron chi connectivity index (χ2n) is 6.54. The highest BCUT2D eigenvalue weighted by Gasteiger charge is 2.20.